The normalized spacial score (nSPS) is 12.8. The fraction of sp³-hybridized carbons (Fsp3) is 0.100. The second-order valence-corrected chi connectivity index (χ2v) is 5.99. The monoisotopic (exact) mass is 351 g/mol. The van der Waals surface area contributed by atoms with Gasteiger partial charge in [-0.3, -0.25) is 4.79 Å². The number of hydrogen-bond donors (Lipinski definition) is 1. The van der Waals surface area contributed by atoms with Crippen LogP contribution in [0.4, 0.5) is 26.0 Å². The summed E-state index contributed by atoms with van der Waals surface area (Å²) in [7, 11) is 0. The second-order valence-electron chi connectivity index (χ2n) is 5.99. The van der Waals surface area contributed by atoms with Crippen molar-refractivity contribution in [3.05, 3.63) is 83.6 Å². The number of carbonyl (C=O) groups is 1. The molecule has 0 saturated carbocycles. The number of hydrogen-bond acceptors (Lipinski definition) is 3. The van der Waals surface area contributed by atoms with Crippen molar-refractivity contribution in [2.24, 2.45) is 0 Å². The van der Waals surface area contributed by atoms with E-state index >= 15 is 0 Å². The average Bonchev–Trinajstić information content (AvgIpc) is 3.09. The number of anilines is 3. The van der Waals surface area contributed by atoms with E-state index in [1.807, 2.05) is 29.2 Å². The van der Waals surface area contributed by atoms with E-state index < -0.39 is 17.5 Å². The molecular weight excluding hydrogens is 336 g/mol. The Bertz CT molecular complexity index is 990. The van der Waals surface area contributed by atoms with E-state index in [0.717, 1.165) is 36.9 Å². The van der Waals surface area contributed by atoms with E-state index in [4.69, 9.17) is 0 Å². The predicted molar refractivity (Wildman–Crippen MR) is 95.7 cm³/mol. The van der Waals surface area contributed by atoms with Crippen LogP contribution in [0.25, 0.3) is 0 Å². The molecule has 4 rings (SSSR count). The van der Waals surface area contributed by atoms with Gasteiger partial charge in [-0.15, -0.1) is 0 Å². The number of benzene rings is 2. The predicted octanol–water partition coefficient (Wildman–Crippen LogP) is 4.31. The number of amides is 1. The van der Waals surface area contributed by atoms with Crippen molar-refractivity contribution in [2.45, 2.75) is 6.42 Å². The maximum Gasteiger partial charge on any atom is 0.274 e. The van der Waals surface area contributed by atoms with Gasteiger partial charge >= 0.3 is 0 Å². The van der Waals surface area contributed by atoms with Gasteiger partial charge in [0, 0.05) is 18.3 Å². The molecule has 0 aliphatic carbocycles. The van der Waals surface area contributed by atoms with Crippen LogP contribution in [0.2, 0.25) is 0 Å². The maximum absolute atomic E-state index is 13.7. The van der Waals surface area contributed by atoms with E-state index in [-0.39, 0.29) is 11.4 Å². The number of halogens is 2. The van der Waals surface area contributed by atoms with Gasteiger partial charge < -0.3 is 10.2 Å². The van der Waals surface area contributed by atoms with Crippen molar-refractivity contribution >= 4 is 23.1 Å². The number of aromatic nitrogens is 1. The number of rotatable bonds is 3. The summed E-state index contributed by atoms with van der Waals surface area (Å²) in [6.45, 7) is 0.774. The molecule has 4 nitrogen and oxygen atoms in total. The molecule has 26 heavy (non-hydrogen) atoms. The van der Waals surface area contributed by atoms with E-state index in [9.17, 15) is 13.6 Å². The van der Waals surface area contributed by atoms with Crippen molar-refractivity contribution in [3.63, 3.8) is 0 Å². The molecule has 6 heteroatoms. The highest BCUT2D eigenvalue weighted by Gasteiger charge is 2.21. The molecule has 0 spiro atoms. The molecule has 130 valence electrons. The third kappa shape index (κ3) is 3.01. The second kappa shape index (κ2) is 6.55. The quantitative estimate of drug-likeness (QED) is 0.765. The van der Waals surface area contributed by atoms with Crippen molar-refractivity contribution in [1.82, 2.24) is 4.98 Å². The topological polar surface area (TPSA) is 45.2 Å². The van der Waals surface area contributed by atoms with Crippen LogP contribution in [-0.4, -0.2) is 17.4 Å². The van der Waals surface area contributed by atoms with Gasteiger partial charge in [-0.05, 0) is 42.3 Å². The first-order chi connectivity index (χ1) is 12.6. The van der Waals surface area contributed by atoms with Crippen LogP contribution < -0.4 is 10.2 Å². The number of pyridine rings is 1. The van der Waals surface area contributed by atoms with Gasteiger partial charge in [-0.1, -0.05) is 24.3 Å². The first-order valence-electron chi connectivity index (χ1n) is 8.21. The molecular formula is C20H15F2N3O. The Morgan fingerprint density at radius 3 is 2.77 bits per heavy atom. The number of nitrogens with one attached hydrogen (secondary N) is 1. The number of para-hydroxylation sites is 1. The molecule has 1 aliphatic rings. The van der Waals surface area contributed by atoms with E-state index in [1.165, 1.54) is 11.6 Å². The molecule has 0 unspecified atom stereocenters. The van der Waals surface area contributed by atoms with Gasteiger partial charge in [-0.25, -0.2) is 13.8 Å². The van der Waals surface area contributed by atoms with Crippen LogP contribution in [0.3, 0.4) is 0 Å². The minimum atomic E-state index is -0.704. The molecule has 0 saturated heterocycles. The number of fused-ring (bicyclic) bond motifs is 1. The summed E-state index contributed by atoms with van der Waals surface area (Å²) in [5.41, 5.74) is 2.21. The van der Waals surface area contributed by atoms with Crippen LogP contribution in [0.5, 0.6) is 0 Å². The van der Waals surface area contributed by atoms with Crippen LogP contribution >= 0.6 is 0 Å². The van der Waals surface area contributed by atoms with Crippen molar-refractivity contribution in [3.8, 4) is 0 Å². The lowest BCUT2D eigenvalue weighted by atomic mass is 10.2. The Balaban J connectivity index is 1.60. The number of carbonyl (C=O) groups excluding carboxylic acids is 1. The largest absolute Gasteiger partial charge is 0.326 e. The molecule has 2 heterocycles. The molecule has 0 atom stereocenters. The fourth-order valence-corrected chi connectivity index (χ4v) is 3.06. The Kier molecular flexibility index (Phi) is 4.08. The fourth-order valence-electron chi connectivity index (χ4n) is 3.06. The Labute approximate surface area is 149 Å². The molecule has 3 aromatic rings. The molecule has 2 aromatic carbocycles. The number of nitrogens with zero attached hydrogens (tertiary/aromatic N) is 2. The standard InChI is InChI=1S/C20H15F2N3O/c21-14-8-9-15(22)17(12-14)24-20(26)16-5-3-7-19(23-16)25-11-10-13-4-1-2-6-18(13)25/h1-9,12H,10-11H2,(H,24,26). The van der Waals surface area contributed by atoms with Gasteiger partial charge in [0.25, 0.3) is 5.91 Å². The van der Waals surface area contributed by atoms with Crippen LogP contribution in [0, 0.1) is 11.6 Å². The summed E-state index contributed by atoms with van der Waals surface area (Å²) in [5, 5.41) is 2.37. The van der Waals surface area contributed by atoms with Gasteiger partial charge in [0.2, 0.25) is 0 Å². The van der Waals surface area contributed by atoms with Crippen LogP contribution in [0.15, 0.2) is 60.7 Å². The summed E-state index contributed by atoms with van der Waals surface area (Å²) in [6.07, 6.45) is 0.906. The maximum atomic E-state index is 13.7. The zero-order valence-electron chi connectivity index (χ0n) is 13.7. The van der Waals surface area contributed by atoms with E-state index in [1.54, 1.807) is 6.07 Å². The van der Waals surface area contributed by atoms with Gasteiger partial charge in [0.15, 0.2) is 0 Å². The average molecular weight is 351 g/mol. The Morgan fingerprint density at radius 1 is 1.04 bits per heavy atom. The highest BCUT2D eigenvalue weighted by molar-refractivity contribution is 6.03. The summed E-state index contributed by atoms with van der Waals surface area (Å²) in [4.78, 5) is 18.8. The third-order valence-corrected chi connectivity index (χ3v) is 4.31. The molecule has 1 N–H and O–H groups in total. The van der Waals surface area contributed by atoms with Crippen molar-refractivity contribution in [2.75, 3.05) is 16.8 Å². The van der Waals surface area contributed by atoms with Gasteiger partial charge in [0.05, 0.1) is 5.69 Å². The smallest absolute Gasteiger partial charge is 0.274 e. The highest BCUT2D eigenvalue weighted by atomic mass is 19.1. The first-order valence-corrected chi connectivity index (χ1v) is 8.21. The van der Waals surface area contributed by atoms with E-state index in [2.05, 4.69) is 16.4 Å². The molecule has 1 aliphatic heterocycles. The highest BCUT2D eigenvalue weighted by Crippen LogP contribution is 2.33. The SMILES string of the molecule is O=C(Nc1cc(F)ccc1F)c1cccc(N2CCc3ccccc32)n1. The molecule has 0 bridgehead atoms. The molecule has 0 fully saturated rings. The van der Waals surface area contributed by atoms with Gasteiger partial charge in [-0.2, -0.15) is 0 Å². The van der Waals surface area contributed by atoms with Crippen LogP contribution in [-0.2, 0) is 6.42 Å². The Morgan fingerprint density at radius 2 is 1.88 bits per heavy atom. The van der Waals surface area contributed by atoms with Crippen LogP contribution in [0.1, 0.15) is 16.1 Å². The molecule has 0 radical (unpaired) electrons. The summed E-state index contributed by atoms with van der Waals surface area (Å²) in [6, 6.07) is 16.0. The zero-order valence-corrected chi connectivity index (χ0v) is 13.7. The lowest BCUT2D eigenvalue weighted by molar-refractivity contribution is 0.102. The molecule has 1 aromatic heterocycles. The molecule has 1 amide bonds. The van der Waals surface area contributed by atoms with Crippen molar-refractivity contribution < 1.29 is 13.6 Å². The van der Waals surface area contributed by atoms with E-state index in [0.29, 0.717) is 5.82 Å². The lowest BCUT2D eigenvalue weighted by Crippen LogP contribution is -2.19. The van der Waals surface area contributed by atoms with Crippen molar-refractivity contribution in [1.29, 1.82) is 0 Å². The minimum absolute atomic E-state index is 0.135. The summed E-state index contributed by atoms with van der Waals surface area (Å²) < 4.78 is 27.0. The Hall–Kier alpha value is -3.28. The summed E-state index contributed by atoms with van der Waals surface area (Å²) in [5.74, 6) is -1.28. The zero-order chi connectivity index (χ0) is 18.1. The minimum Gasteiger partial charge on any atom is -0.326 e. The summed E-state index contributed by atoms with van der Waals surface area (Å²) >= 11 is 0. The first kappa shape index (κ1) is 16.2. The van der Waals surface area contributed by atoms with Gasteiger partial charge in [0.1, 0.15) is 23.1 Å². The lowest BCUT2D eigenvalue weighted by Gasteiger charge is -2.18. The third-order valence-electron chi connectivity index (χ3n) is 4.31.